The van der Waals surface area contributed by atoms with Gasteiger partial charge in [0.15, 0.2) is 0 Å². The number of fused-ring (bicyclic) bond motifs is 1. The van der Waals surface area contributed by atoms with Gasteiger partial charge in [-0.2, -0.15) is 0 Å². The predicted molar refractivity (Wildman–Crippen MR) is 70.5 cm³/mol. The van der Waals surface area contributed by atoms with E-state index in [9.17, 15) is 4.79 Å². The van der Waals surface area contributed by atoms with Crippen LogP contribution in [0.1, 0.15) is 48.9 Å². The highest BCUT2D eigenvalue weighted by Gasteiger charge is 2.51. The van der Waals surface area contributed by atoms with Crippen LogP contribution in [-0.2, 0) is 0 Å². The summed E-state index contributed by atoms with van der Waals surface area (Å²) >= 11 is 0. The Bertz CT molecular complexity index is 501. The number of carbonyl (C=O) groups excluding carboxylic acids is 1. The Kier molecular flexibility index (Phi) is 2.02. The van der Waals surface area contributed by atoms with Gasteiger partial charge >= 0.3 is 0 Å². The number of rotatable bonds is 1. The average molecular weight is 242 g/mol. The number of amides is 1. The summed E-state index contributed by atoms with van der Waals surface area (Å²) in [6.07, 6.45) is 7.01. The van der Waals surface area contributed by atoms with Gasteiger partial charge in [0, 0.05) is 11.7 Å². The molecule has 2 saturated carbocycles. The van der Waals surface area contributed by atoms with Crippen molar-refractivity contribution >= 4 is 11.6 Å². The maximum absolute atomic E-state index is 12.7. The van der Waals surface area contributed by atoms with Gasteiger partial charge in [0.25, 0.3) is 5.91 Å². The molecule has 1 aromatic carbocycles. The Morgan fingerprint density at radius 3 is 2.61 bits per heavy atom. The van der Waals surface area contributed by atoms with Gasteiger partial charge in [-0.1, -0.05) is 12.1 Å². The standard InChI is InChI=1S/C15H18N2O/c18-14-12-5-1-2-6-13(12)16-15(9-3-4-10-15)17(14)11-7-8-11/h1-2,5-6,11,16H,3-4,7-10H2. The van der Waals surface area contributed by atoms with Crippen molar-refractivity contribution in [1.29, 1.82) is 0 Å². The SMILES string of the molecule is O=C1c2ccccc2NC2(CCCC2)N1C1CC1. The van der Waals surface area contributed by atoms with E-state index >= 15 is 0 Å². The van der Waals surface area contributed by atoms with E-state index in [1.54, 1.807) is 0 Å². The van der Waals surface area contributed by atoms with Gasteiger partial charge in [0.2, 0.25) is 0 Å². The minimum absolute atomic E-state index is 0.0768. The topological polar surface area (TPSA) is 32.3 Å². The normalized spacial score (nSPS) is 25.1. The van der Waals surface area contributed by atoms with Crippen molar-refractivity contribution in [3.05, 3.63) is 29.8 Å². The summed E-state index contributed by atoms with van der Waals surface area (Å²) in [6, 6.07) is 8.43. The van der Waals surface area contributed by atoms with E-state index in [2.05, 4.69) is 10.2 Å². The Morgan fingerprint density at radius 2 is 1.89 bits per heavy atom. The molecule has 0 unspecified atom stereocenters. The first-order valence-corrected chi connectivity index (χ1v) is 7.01. The fraction of sp³-hybridized carbons (Fsp3) is 0.533. The average Bonchev–Trinajstić information content (AvgIpc) is 3.10. The van der Waals surface area contributed by atoms with Crippen LogP contribution < -0.4 is 5.32 Å². The second-order valence-corrected chi connectivity index (χ2v) is 5.82. The van der Waals surface area contributed by atoms with Gasteiger partial charge in [-0.15, -0.1) is 0 Å². The van der Waals surface area contributed by atoms with Crippen LogP contribution in [0.4, 0.5) is 5.69 Å². The molecule has 4 rings (SSSR count). The minimum Gasteiger partial charge on any atom is -0.362 e. The highest BCUT2D eigenvalue weighted by molar-refractivity contribution is 6.02. The summed E-state index contributed by atoms with van der Waals surface area (Å²) in [5.74, 6) is 0.244. The van der Waals surface area contributed by atoms with Crippen molar-refractivity contribution in [2.75, 3.05) is 5.32 Å². The van der Waals surface area contributed by atoms with E-state index in [0.29, 0.717) is 6.04 Å². The third-order valence-corrected chi connectivity index (χ3v) is 4.55. The third kappa shape index (κ3) is 1.33. The molecule has 1 aromatic rings. The monoisotopic (exact) mass is 242 g/mol. The number of para-hydroxylation sites is 1. The lowest BCUT2D eigenvalue weighted by molar-refractivity contribution is 0.0490. The van der Waals surface area contributed by atoms with E-state index in [4.69, 9.17) is 0 Å². The van der Waals surface area contributed by atoms with Crippen LogP contribution in [0.5, 0.6) is 0 Å². The highest BCUT2D eigenvalue weighted by Crippen LogP contribution is 2.46. The first kappa shape index (κ1) is 10.4. The molecule has 2 fully saturated rings. The van der Waals surface area contributed by atoms with Crippen molar-refractivity contribution in [2.45, 2.75) is 50.2 Å². The number of hydrogen-bond acceptors (Lipinski definition) is 2. The number of nitrogens with zero attached hydrogens (tertiary/aromatic N) is 1. The summed E-state index contributed by atoms with van der Waals surface area (Å²) < 4.78 is 0. The zero-order valence-corrected chi connectivity index (χ0v) is 10.5. The first-order chi connectivity index (χ1) is 8.80. The molecule has 2 aliphatic carbocycles. The maximum Gasteiger partial charge on any atom is 0.258 e. The Labute approximate surface area is 107 Å². The van der Waals surface area contributed by atoms with E-state index in [-0.39, 0.29) is 11.6 Å². The van der Waals surface area contributed by atoms with Crippen LogP contribution in [-0.4, -0.2) is 22.5 Å². The van der Waals surface area contributed by atoms with Crippen LogP contribution in [0.15, 0.2) is 24.3 Å². The van der Waals surface area contributed by atoms with Crippen molar-refractivity contribution in [1.82, 2.24) is 4.90 Å². The molecule has 1 heterocycles. The molecule has 0 radical (unpaired) electrons. The van der Waals surface area contributed by atoms with E-state index in [1.807, 2.05) is 24.3 Å². The van der Waals surface area contributed by atoms with Gasteiger partial charge in [0.05, 0.1) is 5.56 Å². The number of benzene rings is 1. The van der Waals surface area contributed by atoms with Crippen molar-refractivity contribution in [3.63, 3.8) is 0 Å². The van der Waals surface area contributed by atoms with Crippen molar-refractivity contribution in [2.24, 2.45) is 0 Å². The Hall–Kier alpha value is -1.51. The van der Waals surface area contributed by atoms with E-state index < -0.39 is 0 Å². The summed E-state index contributed by atoms with van der Waals surface area (Å²) in [7, 11) is 0. The Morgan fingerprint density at radius 1 is 1.17 bits per heavy atom. The van der Waals surface area contributed by atoms with Crippen LogP contribution in [0.3, 0.4) is 0 Å². The van der Waals surface area contributed by atoms with Crippen LogP contribution >= 0.6 is 0 Å². The predicted octanol–water partition coefficient (Wildman–Crippen LogP) is 2.99. The molecule has 0 bridgehead atoms. The quantitative estimate of drug-likeness (QED) is 0.821. The molecule has 1 spiro atoms. The molecule has 0 atom stereocenters. The van der Waals surface area contributed by atoms with Crippen LogP contribution in [0, 0.1) is 0 Å². The zero-order valence-electron chi connectivity index (χ0n) is 10.5. The Balaban J connectivity index is 1.83. The number of anilines is 1. The van der Waals surface area contributed by atoms with Gasteiger partial charge in [-0.3, -0.25) is 4.79 Å². The number of carbonyl (C=O) groups is 1. The highest BCUT2D eigenvalue weighted by atomic mass is 16.2. The van der Waals surface area contributed by atoms with Crippen molar-refractivity contribution in [3.8, 4) is 0 Å². The molecule has 18 heavy (non-hydrogen) atoms. The molecule has 0 saturated heterocycles. The molecule has 3 nitrogen and oxygen atoms in total. The molecule has 94 valence electrons. The van der Waals surface area contributed by atoms with Gasteiger partial charge in [-0.25, -0.2) is 0 Å². The zero-order chi connectivity index (χ0) is 12.2. The largest absolute Gasteiger partial charge is 0.362 e. The number of nitrogens with one attached hydrogen (secondary N) is 1. The summed E-state index contributed by atoms with van der Waals surface area (Å²) in [5.41, 5.74) is 1.80. The van der Waals surface area contributed by atoms with Crippen LogP contribution in [0.25, 0.3) is 0 Å². The second kappa shape index (κ2) is 3.50. The summed E-state index contributed by atoms with van der Waals surface area (Å²) in [6.45, 7) is 0. The molecule has 3 heteroatoms. The summed E-state index contributed by atoms with van der Waals surface area (Å²) in [4.78, 5) is 14.9. The lowest BCUT2D eigenvalue weighted by atomic mass is 9.97. The summed E-state index contributed by atoms with van der Waals surface area (Å²) in [5, 5.41) is 3.68. The molecule has 1 aliphatic heterocycles. The first-order valence-electron chi connectivity index (χ1n) is 7.01. The van der Waals surface area contributed by atoms with Gasteiger partial charge in [-0.05, 0) is 50.7 Å². The second-order valence-electron chi connectivity index (χ2n) is 5.82. The van der Waals surface area contributed by atoms with Crippen molar-refractivity contribution < 1.29 is 4.79 Å². The fourth-order valence-electron chi connectivity index (χ4n) is 3.59. The maximum atomic E-state index is 12.7. The van der Waals surface area contributed by atoms with Gasteiger partial charge < -0.3 is 10.2 Å². The third-order valence-electron chi connectivity index (χ3n) is 4.55. The molecular formula is C15H18N2O. The van der Waals surface area contributed by atoms with Gasteiger partial charge in [0.1, 0.15) is 5.66 Å². The lowest BCUT2D eigenvalue weighted by Gasteiger charge is -2.47. The lowest BCUT2D eigenvalue weighted by Crippen LogP contribution is -2.59. The van der Waals surface area contributed by atoms with E-state index in [1.165, 1.54) is 25.7 Å². The molecule has 3 aliphatic rings. The molecule has 0 aromatic heterocycles. The molecule has 1 amide bonds. The molecule has 1 N–H and O–H groups in total. The van der Waals surface area contributed by atoms with Crippen LogP contribution in [0.2, 0.25) is 0 Å². The fourth-order valence-corrected chi connectivity index (χ4v) is 3.59. The van der Waals surface area contributed by atoms with E-state index in [0.717, 1.165) is 24.1 Å². The smallest absolute Gasteiger partial charge is 0.258 e. The minimum atomic E-state index is -0.0768. The molecular weight excluding hydrogens is 224 g/mol. The number of hydrogen-bond donors (Lipinski definition) is 1.